The van der Waals surface area contributed by atoms with E-state index in [0.717, 1.165) is 5.57 Å². The van der Waals surface area contributed by atoms with Crippen LogP contribution in [0, 0.1) is 22.7 Å². The third-order valence-corrected chi connectivity index (χ3v) is 6.69. The van der Waals surface area contributed by atoms with E-state index in [0.29, 0.717) is 18.4 Å². The van der Waals surface area contributed by atoms with Gasteiger partial charge in [-0.15, -0.1) is 0 Å². The van der Waals surface area contributed by atoms with Crippen molar-refractivity contribution < 1.29 is 19.1 Å². The minimum Gasteiger partial charge on any atom is -0.468 e. The Kier molecular flexibility index (Phi) is 7.80. The number of allylic oxidation sites excluding steroid dienone is 4. The van der Waals surface area contributed by atoms with Gasteiger partial charge in [0.2, 0.25) is 0 Å². The van der Waals surface area contributed by atoms with Gasteiger partial charge in [0, 0.05) is 5.56 Å². The molecule has 4 nitrogen and oxygen atoms in total. The van der Waals surface area contributed by atoms with Crippen molar-refractivity contribution in [3.63, 3.8) is 0 Å². The molecule has 1 aliphatic rings. The van der Waals surface area contributed by atoms with Gasteiger partial charge in [-0.2, -0.15) is 0 Å². The maximum atomic E-state index is 14.0. The molecule has 1 fully saturated rings. The first kappa shape index (κ1) is 24.8. The highest BCUT2D eigenvalue weighted by molar-refractivity contribution is 6.18. The van der Waals surface area contributed by atoms with Crippen LogP contribution in [0.2, 0.25) is 0 Å². The standard InChI is InChI=1S/C27H36O4/c1-18(2)13-14-21-17-27(25(30)31-7,16-15-19(3)4)24(29)22(26(21,5)6)23(28)20-11-9-8-10-12-20/h8-13,15,21-22H,14,16-17H2,1-7H3/t21-,22+,27-/m1/s1. The highest BCUT2D eigenvalue weighted by atomic mass is 16.5. The van der Waals surface area contributed by atoms with Gasteiger partial charge in [-0.05, 0) is 58.3 Å². The number of rotatable bonds is 7. The van der Waals surface area contributed by atoms with Gasteiger partial charge in [0.15, 0.2) is 11.6 Å². The van der Waals surface area contributed by atoms with Crippen molar-refractivity contribution in [2.24, 2.45) is 22.7 Å². The molecule has 168 valence electrons. The van der Waals surface area contributed by atoms with E-state index in [9.17, 15) is 14.4 Å². The van der Waals surface area contributed by atoms with Crippen LogP contribution in [0.5, 0.6) is 0 Å². The zero-order chi connectivity index (χ0) is 23.4. The molecule has 1 aromatic carbocycles. The maximum Gasteiger partial charge on any atom is 0.319 e. The van der Waals surface area contributed by atoms with E-state index < -0.39 is 22.7 Å². The second-order valence-corrected chi connectivity index (χ2v) is 9.83. The van der Waals surface area contributed by atoms with Gasteiger partial charge in [0.25, 0.3) is 0 Å². The van der Waals surface area contributed by atoms with Gasteiger partial charge in [-0.25, -0.2) is 0 Å². The zero-order valence-corrected chi connectivity index (χ0v) is 20.0. The van der Waals surface area contributed by atoms with E-state index >= 15 is 0 Å². The quantitative estimate of drug-likeness (QED) is 0.234. The van der Waals surface area contributed by atoms with E-state index in [4.69, 9.17) is 4.74 Å². The van der Waals surface area contributed by atoms with E-state index in [-0.39, 0.29) is 23.9 Å². The molecule has 0 N–H and O–H groups in total. The third-order valence-electron chi connectivity index (χ3n) is 6.69. The maximum absolute atomic E-state index is 14.0. The van der Waals surface area contributed by atoms with Crippen molar-refractivity contribution in [3.8, 4) is 0 Å². The minimum absolute atomic E-state index is 0.0255. The second-order valence-electron chi connectivity index (χ2n) is 9.83. The summed E-state index contributed by atoms with van der Waals surface area (Å²) in [7, 11) is 1.32. The molecule has 1 aromatic rings. The molecule has 0 aromatic heterocycles. The molecule has 0 saturated heterocycles. The molecule has 0 spiro atoms. The average molecular weight is 425 g/mol. The number of hydrogen-bond donors (Lipinski definition) is 0. The van der Waals surface area contributed by atoms with Crippen LogP contribution in [0.3, 0.4) is 0 Å². The number of methoxy groups -OCH3 is 1. The summed E-state index contributed by atoms with van der Waals surface area (Å²) >= 11 is 0. The van der Waals surface area contributed by atoms with Crippen molar-refractivity contribution in [2.75, 3.05) is 7.11 Å². The molecule has 0 amide bonds. The Morgan fingerprint density at radius 3 is 2.13 bits per heavy atom. The summed E-state index contributed by atoms with van der Waals surface area (Å²) in [6.07, 6.45) is 5.37. The van der Waals surface area contributed by atoms with Gasteiger partial charge < -0.3 is 4.74 Å². The van der Waals surface area contributed by atoms with Crippen molar-refractivity contribution >= 4 is 17.5 Å². The van der Waals surface area contributed by atoms with Crippen LogP contribution in [-0.2, 0) is 14.3 Å². The van der Waals surface area contributed by atoms with Gasteiger partial charge in [-0.3, -0.25) is 14.4 Å². The normalized spacial score (nSPS) is 24.8. The fourth-order valence-corrected chi connectivity index (χ4v) is 4.65. The summed E-state index contributed by atoms with van der Waals surface area (Å²) in [6.45, 7) is 11.9. The molecule has 0 unspecified atom stereocenters. The van der Waals surface area contributed by atoms with Gasteiger partial charge in [0.1, 0.15) is 5.41 Å². The Morgan fingerprint density at radius 1 is 1.03 bits per heavy atom. The van der Waals surface area contributed by atoms with Crippen LogP contribution in [0.1, 0.15) is 71.2 Å². The summed E-state index contributed by atoms with van der Waals surface area (Å²) < 4.78 is 5.16. The number of carbonyl (C=O) groups is 3. The molecule has 31 heavy (non-hydrogen) atoms. The van der Waals surface area contributed by atoms with Crippen LogP contribution in [-0.4, -0.2) is 24.6 Å². The minimum atomic E-state index is -1.35. The first-order chi connectivity index (χ1) is 14.5. The lowest BCUT2D eigenvalue weighted by molar-refractivity contribution is -0.167. The molecular weight excluding hydrogens is 388 g/mol. The number of ether oxygens (including phenoxy) is 1. The number of Topliss-reactive ketones (excluding diaryl/α,β-unsaturated/α-hetero) is 2. The number of esters is 1. The van der Waals surface area contributed by atoms with E-state index in [1.54, 1.807) is 24.3 Å². The Balaban J connectivity index is 2.68. The molecule has 2 rings (SSSR count). The molecular formula is C27H36O4. The molecule has 1 saturated carbocycles. The van der Waals surface area contributed by atoms with Crippen molar-refractivity contribution in [3.05, 3.63) is 59.2 Å². The fraction of sp³-hybridized carbons (Fsp3) is 0.519. The Labute approximate surface area is 186 Å². The van der Waals surface area contributed by atoms with Crippen molar-refractivity contribution in [1.29, 1.82) is 0 Å². The lowest BCUT2D eigenvalue weighted by atomic mass is 9.50. The molecule has 0 radical (unpaired) electrons. The van der Waals surface area contributed by atoms with Crippen LogP contribution < -0.4 is 0 Å². The van der Waals surface area contributed by atoms with Crippen molar-refractivity contribution in [1.82, 2.24) is 0 Å². The lowest BCUT2D eigenvalue weighted by Gasteiger charge is -2.50. The van der Waals surface area contributed by atoms with Gasteiger partial charge in [0.05, 0.1) is 13.0 Å². The van der Waals surface area contributed by atoms with Gasteiger partial charge in [-0.1, -0.05) is 67.5 Å². The smallest absolute Gasteiger partial charge is 0.319 e. The first-order valence-corrected chi connectivity index (χ1v) is 11.0. The number of benzene rings is 1. The Bertz CT molecular complexity index is 883. The Hall–Kier alpha value is -2.49. The average Bonchev–Trinajstić information content (AvgIpc) is 2.72. The fourth-order valence-electron chi connectivity index (χ4n) is 4.65. The summed E-state index contributed by atoms with van der Waals surface area (Å²) in [5.41, 5.74) is 0.743. The van der Waals surface area contributed by atoms with E-state index in [1.165, 1.54) is 12.7 Å². The number of hydrogen-bond acceptors (Lipinski definition) is 4. The van der Waals surface area contributed by atoms with E-state index in [2.05, 4.69) is 6.08 Å². The van der Waals surface area contributed by atoms with Gasteiger partial charge >= 0.3 is 5.97 Å². The third kappa shape index (κ3) is 5.06. The largest absolute Gasteiger partial charge is 0.468 e. The number of carbonyl (C=O) groups excluding carboxylic acids is 3. The summed E-state index contributed by atoms with van der Waals surface area (Å²) in [6, 6.07) is 8.91. The molecule has 0 heterocycles. The Morgan fingerprint density at radius 2 is 1.61 bits per heavy atom. The highest BCUT2D eigenvalue weighted by Crippen LogP contribution is 2.54. The first-order valence-electron chi connectivity index (χ1n) is 11.0. The monoisotopic (exact) mass is 424 g/mol. The molecule has 1 aliphatic carbocycles. The second kappa shape index (κ2) is 9.76. The van der Waals surface area contributed by atoms with Crippen LogP contribution in [0.4, 0.5) is 0 Å². The van der Waals surface area contributed by atoms with E-state index in [1.807, 2.05) is 53.7 Å². The topological polar surface area (TPSA) is 60.4 Å². The van der Waals surface area contributed by atoms with Crippen LogP contribution in [0.25, 0.3) is 0 Å². The lowest BCUT2D eigenvalue weighted by Crippen LogP contribution is -2.58. The summed E-state index contributed by atoms with van der Waals surface area (Å²) in [5, 5.41) is 0. The van der Waals surface area contributed by atoms with Crippen molar-refractivity contribution in [2.45, 2.75) is 60.8 Å². The summed E-state index contributed by atoms with van der Waals surface area (Å²) in [4.78, 5) is 40.8. The predicted molar refractivity (Wildman–Crippen MR) is 124 cm³/mol. The van der Waals surface area contributed by atoms with Crippen LogP contribution in [0.15, 0.2) is 53.6 Å². The molecule has 4 heteroatoms. The highest BCUT2D eigenvalue weighted by Gasteiger charge is 2.61. The molecule has 0 bridgehead atoms. The molecule has 0 aliphatic heterocycles. The SMILES string of the molecule is COC(=O)[C@]1(CC=C(C)C)C[C@@H](CC=C(C)C)C(C)(C)[C@@H](C(=O)c2ccccc2)C1=O. The number of ketones is 2. The zero-order valence-electron chi connectivity index (χ0n) is 20.0. The molecule has 3 atom stereocenters. The predicted octanol–water partition coefficient (Wildman–Crippen LogP) is 5.97. The van der Waals surface area contributed by atoms with Crippen LogP contribution >= 0.6 is 0 Å². The summed E-state index contributed by atoms with van der Waals surface area (Å²) in [5.74, 6) is -2.02.